The Morgan fingerprint density at radius 1 is 1.53 bits per heavy atom. The van der Waals surface area contributed by atoms with Crippen LogP contribution in [0.4, 0.5) is 0 Å². The fourth-order valence-electron chi connectivity index (χ4n) is 1.21. The lowest BCUT2D eigenvalue weighted by Gasteiger charge is -2.15. The summed E-state index contributed by atoms with van der Waals surface area (Å²) in [5, 5.41) is 9.04. The number of hydrogen-bond acceptors (Lipinski definition) is 3. The Labute approximate surface area is 90.6 Å². The van der Waals surface area contributed by atoms with Gasteiger partial charge in [0.05, 0.1) is 5.70 Å². The molecule has 0 amide bonds. The van der Waals surface area contributed by atoms with Crippen molar-refractivity contribution in [3.8, 4) is 0 Å². The van der Waals surface area contributed by atoms with Crippen LogP contribution in [0.2, 0.25) is 0 Å². The second kappa shape index (κ2) is 6.81. The third kappa shape index (κ3) is 4.44. The van der Waals surface area contributed by atoms with E-state index >= 15 is 0 Å². The number of nitrogens with zero attached hydrogens (tertiary/aromatic N) is 2. The molecular formula is C11H18N2O2. The van der Waals surface area contributed by atoms with Gasteiger partial charge in [-0.2, -0.15) is 0 Å². The van der Waals surface area contributed by atoms with E-state index in [0.29, 0.717) is 12.1 Å². The highest BCUT2D eigenvalue weighted by Gasteiger charge is 2.15. The molecule has 0 aliphatic rings. The van der Waals surface area contributed by atoms with Gasteiger partial charge in [0.1, 0.15) is 5.70 Å². The van der Waals surface area contributed by atoms with Gasteiger partial charge < -0.3 is 10.0 Å². The van der Waals surface area contributed by atoms with Crippen LogP contribution in [-0.4, -0.2) is 36.3 Å². The zero-order valence-corrected chi connectivity index (χ0v) is 9.53. The van der Waals surface area contributed by atoms with Crippen LogP contribution in [0.5, 0.6) is 0 Å². The molecule has 84 valence electrons. The molecule has 0 radical (unpaired) electrons. The fraction of sp³-hybridized carbons (Fsp3) is 0.455. The SMILES string of the molecule is C=CCC/C(N=CC)=C(/C(=O)O)N(C)C. The largest absolute Gasteiger partial charge is 0.477 e. The lowest BCUT2D eigenvalue weighted by atomic mass is 10.2. The van der Waals surface area contributed by atoms with Gasteiger partial charge in [-0.3, -0.25) is 4.99 Å². The van der Waals surface area contributed by atoms with Gasteiger partial charge in [0.25, 0.3) is 0 Å². The zero-order valence-electron chi connectivity index (χ0n) is 9.53. The topological polar surface area (TPSA) is 52.9 Å². The summed E-state index contributed by atoms with van der Waals surface area (Å²) in [6.07, 6.45) is 4.66. The van der Waals surface area contributed by atoms with E-state index in [-0.39, 0.29) is 5.70 Å². The van der Waals surface area contributed by atoms with Gasteiger partial charge in [0, 0.05) is 20.3 Å². The van der Waals surface area contributed by atoms with E-state index in [9.17, 15) is 4.79 Å². The van der Waals surface area contributed by atoms with E-state index < -0.39 is 5.97 Å². The van der Waals surface area contributed by atoms with E-state index in [2.05, 4.69) is 11.6 Å². The maximum atomic E-state index is 11.0. The smallest absolute Gasteiger partial charge is 0.354 e. The van der Waals surface area contributed by atoms with Crippen LogP contribution in [0.1, 0.15) is 19.8 Å². The zero-order chi connectivity index (χ0) is 11.8. The molecule has 0 bridgehead atoms. The van der Waals surface area contributed by atoms with Crippen molar-refractivity contribution in [1.29, 1.82) is 0 Å². The van der Waals surface area contributed by atoms with E-state index in [1.54, 1.807) is 38.2 Å². The third-order valence-electron chi connectivity index (χ3n) is 1.79. The third-order valence-corrected chi connectivity index (χ3v) is 1.79. The Kier molecular flexibility index (Phi) is 6.09. The molecular weight excluding hydrogens is 192 g/mol. The molecule has 0 heterocycles. The number of carboxylic acid groups (broad SMARTS) is 1. The van der Waals surface area contributed by atoms with Gasteiger partial charge in [-0.25, -0.2) is 4.79 Å². The Hall–Kier alpha value is -1.58. The first-order valence-electron chi connectivity index (χ1n) is 4.77. The van der Waals surface area contributed by atoms with Crippen molar-refractivity contribution in [3.63, 3.8) is 0 Å². The Balaban J connectivity index is 5.14. The minimum atomic E-state index is -0.954. The van der Waals surface area contributed by atoms with Crippen LogP contribution < -0.4 is 0 Å². The summed E-state index contributed by atoms with van der Waals surface area (Å²) in [7, 11) is 3.39. The summed E-state index contributed by atoms with van der Waals surface area (Å²) < 4.78 is 0. The Morgan fingerprint density at radius 2 is 2.13 bits per heavy atom. The van der Waals surface area contributed by atoms with Crippen LogP contribution in [0.25, 0.3) is 0 Å². The number of aliphatic carboxylic acids is 1. The molecule has 0 unspecified atom stereocenters. The minimum absolute atomic E-state index is 0.231. The number of carbonyl (C=O) groups is 1. The summed E-state index contributed by atoms with van der Waals surface area (Å²) in [5.74, 6) is -0.954. The van der Waals surface area contributed by atoms with Crippen molar-refractivity contribution in [3.05, 3.63) is 24.0 Å². The summed E-state index contributed by atoms with van der Waals surface area (Å²) in [4.78, 5) is 16.7. The molecule has 0 saturated carbocycles. The summed E-state index contributed by atoms with van der Waals surface area (Å²) in [6.45, 7) is 5.37. The number of likely N-dealkylation sites (N-methyl/N-ethyl adjacent to an activating group) is 1. The van der Waals surface area contributed by atoms with Crippen molar-refractivity contribution in [2.75, 3.05) is 14.1 Å². The predicted molar refractivity (Wildman–Crippen MR) is 61.9 cm³/mol. The van der Waals surface area contributed by atoms with E-state index in [1.165, 1.54) is 0 Å². The second-order valence-electron chi connectivity index (χ2n) is 3.21. The monoisotopic (exact) mass is 210 g/mol. The number of allylic oxidation sites excluding steroid dienone is 2. The molecule has 4 nitrogen and oxygen atoms in total. The standard InChI is InChI=1S/C11H18N2O2/c1-5-7-8-9(12-6-2)10(11(14)15)13(3)4/h5-6H,1,7-8H2,2-4H3,(H,14,15)/b10-9+,12-6?. The summed E-state index contributed by atoms with van der Waals surface area (Å²) in [6, 6.07) is 0. The predicted octanol–water partition coefficient (Wildman–Crippen LogP) is 1.90. The molecule has 0 rings (SSSR count). The van der Waals surface area contributed by atoms with E-state index in [4.69, 9.17) is 5.11 Å². The maximum Gasteiger partial charge on any atom is 0.354 e. The first kappa shape index (κ1) is 13.4. The lowest BCUT2D eigenvalue weighted by Crippen LogP contribution is -2.21. The first-order valence-corrected chi connectivity index (χ1v) is 4.77. The van der Waals surface area contributed by atoms with Crippen molar-refractivity contribution in [2.45, 2.75) is 19.8 Å². The van der Waals surface area contributed by atoms with Crippen LogP contribution in [0, 0.1) is 0 Å². The van der Waals surface area contributed by atoms with Gasteiger partial charge >= 0.3 is 5.97 Å². The quantitative estimate of drug-likeness (QED) is 0.414. The molecule has 4 heteroatoms. The van der Waals surface area contributed by atoms with Crippen LogP contribution >= 0.6 is 0 Å². The fourth-order valence-corrected chi connectivity index (χ4v) is 1.21. The average Bonchev–Trinajstić information content (AvgIpc) is 2.13. The normalized spacial score (nSPS) is 12.5. The van der Waals surface area contributed by atoms with Crippen molar-refractivity contribution in [1.82, 2.24) is 4.90 Å². The van der Waals surface area contributed by atoms with E-state index in [0.717, 1.165) is 6.42 Å². The molecule has 1 N–H and O–H groups in total. The van der Waals surface area contributed by atoms with Crippen molar-refractivity contribution < 1.29 is 9.90 Å². The molecule has 0 spiro atoms. The molecule has 0 fully saturated rings. The van der Waals surface area contributed by atoms with Gasteiger partial charge in [-0.1, -0.05) is 6.08 Å². The summed E-state index contributed by atoms with van der Waals surface area (Å²) in [5.41, 5.74) is 0.810. The molecule has 0 aromatic carbocycles. The highest BCUT2D eigenvalue weighted by atomic mass is 16.4. The van der Waals surface area contributed by atoms with Gasteiger partial charge in [0.15, 0.2) is 0 Å². The molecule has 0 atom stereocenters. The average molecular weight is 210 g/mol. The minimum Gasteiger partial charge on any atom is -0.477 e. The second-order valence-corrected chi connectivity index (χ2v) is 3.21. The van der Waals surface area contributed by atoms with Crippen LogP contribution in [0.3, 0.4) is 0 Å². The van der Waals surface area contributed by atoms with Crippen LogP contribution in [-0.2, 0) is 4.79 Å². The highest BCUT2D eigenvalue weighted by molar-refractivity contribution is 5.87. The number of carboxylic acids is 1. The maximum absolute atomic E-state index is 11.0. The highest BCUT2D eigenvalue weighted by Crippen LogP contribution is 2.15. The number of aliphatic imine (C=N–C) groups is 1. The lowest BCUT2D eigenvalue weighted by molar-refractivity contribution is -0.134. The van der Waals surface area contributed by atoms with Crippen LogP contribution in [0.15, 0.2) is 29.0 Å². The first-order chi connectivity index (χ1) is 7.04. The molecule has 0 aliphatic carbocycles. The molecule has 0 saturated heterocycles. The van der Waals surface area contributed by atoms with E-state index in [1.807, 2.05) is 0 Å². The van der Waals surface area contributed by atoms with Gasteiger partial charge in [-0.15, -0.1) is 6.58 Å². The molecule has 0 aromatic rings. The Morgan fingerprint density at radius 3 is 2.47 bits per heavy atom. The number of rotatable bonds is 6. The molecule has 15 heavy (non-hydrogen) atoms. The van der Waals surface area contributed by atoms with Gasteiger partial charge in [-0.05, 0) is 19.8 Å². The number of hydrogen-bond donors (Lipinski definition) is 1. The molecule has 0 aliphatic heterocycles. The molecule has 0 aromatic heterocycles. The van der Waals surface area contributed by atoms with Crippen molar-refractivity contribution in [2.24, 2.45) is 4.99 Å². The van der Waals surface area contributed by atoms with Gasteiger partial charge in [0.2, 0.25) is 0 Å². The summed E-state index contributed by atoms with van der Waals surface area (Å²) >= 11 is 0. The Bertz CT molecular complexity index is 291. The van der Waals surface area contributed by atoms with Crippen molar-refractivity contribution >= 4 is 12.2 Å².